The summed E-state index contributed by atoms with van der Waals surface area (Å²) in [6, 6.07) is 0. The van der Waals surface area contributed by atoms with E-state index in [2.05, 4.69) is 25.1 Å². The van der Waals surface area contributed by atoms with Crippen LogP contribution in [0.5, 0.6) is 0 Å². The monoisotopic (exact) mass is 313 g/mol. The van der Waals surface area contributed by atoms with Crippen molar-refractivity contribution in [1.82, 2.24) is 5.32 Å². The van der Waals surface area contributed by atoms with Gasteiger partial charge in [-0.05, 0) is 45.7 Å². The van der Waals surface area contributed by atoms with Gasteiger partial charge in [0, 0.05) is 12.3 Å². The molecule has 2 atom stereocenters. The van der Waals surface area contributed by atoms with Gasteiger partial charge in [-0.2, -0.15) is 0 Å². The van der Waals surface area contributed by atoms with Crippen LogP contribution in [-0.2, 0) is 0 Å². The molecule has 5 nitrogen and oxygen atoms in total. The van der Waals surface area contributed by atoms with Crippen LogP contribution >= 0.6 is 0 Å². The number of aliphatic hydroxyl groups is 2. The SMILES string of the molecule is C=CC.C=CNC(=C)/C(N)=C(/C)N.C[C@H](CO)CC[C@H](C)O. The van der Waals surface area contributed by atoms with Gasteiger partial charge < -0.3 is 27.0 Å². The van der Waals surface area contributed by atoms with Crippen LogP contribution in [-0.4, -0.2) is 22.9 Å². The lowest BCUT2D eigenvalue weighted by atomic mass is 10.0. The molecular formula is C17H35N3O2. The minimum Gasteiger partial charge on any atom is -0.401 e. The van der Waals surface area contributed by atoms with E-state index in [0.29, 0.717) is 23.0 Å². The van der Waals surface area contributed by atoms with E-state index >= 15 is 0 Å². The summed E-state index contributed by atoms with van der Waals surface area (Å²) in [5, 5.41) is 20.1. The Hall–Kier alpha value is -1.72. The summed E-state index contributed by atoms with van der Waals surface area (Å²) in [7, 11) is 0. The number of nitrogens with two attached hydrogens (primary N) is 2. The van der Waals surface area contributed by atoms with Gasteiger partial charge in [0.15, 0.2) is 0 Å². The van der Waals surface area contributed by atoms with E-state index in [9.17, 15) is 0 Å². The average molecular weight is 313 g/mol. The molecule has 0 aliphatic heterocycles. The Labute approximate surface area is 136 Å². The molecule has 0 radical (unpaired) electrons. The van der Waals surface area contributed by atoms with E-state index in [1.807, 2.05) is 13.8 Å². The van der Waals surface area contributed by atoms with Crippen molar-refractivity contribution in [1.29, 1.82) is 0 Å². The standard InChI is InChI=1S/C7H13N3.C7H16O2.C3H6/c1-4-10-6(3)7(9)5(2)8;1-6(5-8)3-4-7(2)9;1-3-2/h4,10H,1,3,8-9H2,2H3;6-9H,3-5H2,1-2H3;3H,1H2,2H3/b7-5+;;/t;6-,7-;/m.0./s1. The Bertz CT molecular complexity index is 333. The second-order valence-electron chi connectivity index (χ2n) is 5.05. The minimum absolute atomic E-state index is 0.223. The lowest BCUT2D eigenvalue weighted by Crippen LogP contribution is -2.16. The van der Waals surface area contributed by atoms with E-state index in [0.717, 1.165) is 12.8 Å². The Morgan fingerprint density at radius 3 is 1.95 bits per heavy atom. The number of hydrogen-bond donors (Lipinski definition) is 5. The minimum atomic E-state index is -0.223. The van der Waals surface area contributed by atoms with Crippen LogP contribution in [0.2, 0.25) is 0 Å². The third-order valence-corrected chi connectivity index (χ3v) is 2.42. The van der Waals surface area contributed by atoms with Gasteiger partial charge >= 0.3 is 0 Å². The van der Waals surface area contributed by atoms with Crippen molar-refractivity contribution in [2.24, 2.45) is 17.4 Å². The molecule has 0 aliphatic rings. The highest BCUT2D eigenvalue weighted by molar-refractivity contribution is 5.27. The predicted octanol–water partition coefficient (Wildman–Crippen LogP) is 2.35. The van der Waals surface area contributed by atoms with Gasteiger partial charge in [-0.1, -0.05) is 26.2 Å². The zero-order chi connectivity index (χ0) is 18.1. The van der Waals surface area contributed by atoms with Gasteiger partial charge in [-0.25, -0.2) is 0 Å². The normalized spacial score (nSPS) is 13.0. The Balaban J connectivity index is -0.000000279. The van der Waals surface area contributed by atoms with Gasteiger partial charge in [0.05, 0.1) is 17.5 Å². The maximum atomic E-state index is 8.82. The van der Waals surface area contributed by atoms with E-state index in [1.54, 1.807) is 19.9 Å². The molecule has 0 spiro atoms. The molecule has 7 N–H and O–H groups in total. The average Bonchev–Trinajstić information content (AvgIpc) is 2.45. The molecule has 0 aromatic heterocycles. The quantitative estimate of drug-likeness (QED) is 0.366. The molecule has 0 aromatic carbocycles. The van der Waals surface area contributed by atoms with Crippen LogP contribution in [0.15, 0.2) is 49.1 Å². The van der Waals surface area contributed by atoms with Crippen LogP contribution < -0.4 is 16.8 Å². The predicted molar refractivity (Wildman–Crippen MR) is 96.6 cm³/mol. The lowest BCUT2D eigenvalue weighted by Gasteiger charge is -2.07. The van der Waals surface area contributed by atoms with Crippen LogP contribution in [0, 0.1) is 5.92 Å². The van der Waals surface area contributed by atoms with Gasteiger partial charge in [-0.15, -0.1) is 6.58 Å². The van der Waals surface area contributed by atoms with E-state index in [-0.39, 0.29) is 12.7 Å². The first-order valence-corrected chi connectivity index (χ1v) is 7.32. The fourth-order valence-corrected chi connectivity index (χ4v) is 1.06. The molecule has 0 rings (SSSR count). The highest BCUT2D eigenvalue weighted by Crippen LogP contribution is 2.05. The van der Waals surface area contributed by atoms with E-state index < -0.39 is 0 Å². The second-order valence-corrected chi connectivity index (χ2v) is 5.05. The summed E-state index contributed by atoms with van der Waals surface area (Å²) in [6.45, 7) is 18.0. The molecule has 0 aromatic rings. The van der Waals surface area contributed by atoms with E-state index in [1.165, 1.54) is 6.20 Å². The van der Waals surface area contributed by atoms with Crippen LogP contribution in [0.3, 0.4) is 0 Å². The number of aliphatic hydroxyl groups excluding tert-OH is 2. The van der Waals surface area contributed by atoms with Crippen LogP contribution in [0.25, 0.3) is 0 Å². The first kappa shape index (κ1) is 25.2. The molecule has 0 saturated carbocycles. The van der Waals surface area contributed by atoms with Gasteiger partial charge in [-0.3, -0.25) is 0 Å². The number of allylic oxidation sites excluding steroid dienone is 2. The van der Waals surface area contributed by atoms with Crippen molar-refractivity contribution in [3.8, 4) is 0 Å². The molecule has 0 fully saturated rings. The van der Waals surface area contributed by atoms with Crippen molar-refractivity contribution >= 4 is 0 Å². The Morgan fingerprint density at radius 2 is 1.68 bits per heavy atom. The van der Waals surface area contributed by atoms with Gasteiger partial charge in [0.1, 0.15) is 0 Å². The number of hydrogen-bond acceptors (Lipinski definition) is 5. The summed E-state index contributed by atoms with van der Waals surface area (Å²) >= 11 is 0. The third kappa shape index (κ3) is 20.6. The largest absolute Gasteiger partial charge is 0.401 e. The summed E-state index contributed by atoms with van der Waals surface area (Å²) < 4.78 is 0. The molecule has 0 heterocycles. The lowest BCUT2D eigenvalue weighted by molar-refractivity contribution is 0.160. The Kier molecular flexibility index (Phi) is 19.9. The molecule has 0 aliphatic carbocycles. The number of nitrogens with one attached hydrogen (secondary N) is 1. The molecule has 0 amide bonds. The zero-order valence-electron chi connectivity index (χ0n) is 14.6. The summed E-state index contributed by atoms with van der Waals surface area (Å²) in [4.78, 5) is 0. The van der Waals surface area contributed by atoms with Gasteiger partial charge in [0.2, 0.25) is 0 Å². The molecule has 22 heavy (non-hydrogen) atoms. The highest BCUT2D eigenvalue weighted by Gasteiger charge is 2.01. The molecule has 5 heteroatoms. The zero-order valence-corrected chi connectivity index (χ0v) is 14.6. The fourth-order valence-electron chi connectivity index (χ4n) is 1.06. The molecule has 0 unspecified atom stereocenters. The third-order valence-electron chi connectivity index (χ3n) is 2.42. The number of rotatable bonds is 7. The molecule has 130 valence electrons. The molecular weight excluding hydrogens is 278 g/mol. The fraction of sp³-hybridized carbons (Fsp3) is 0.529. The van der Waals surface area contributed by atoms with Gasteiger partial charge in [0.25, 0.3) is 0 Å². The van der Waals surface area contributed by atoms with Crippen molar-refractivity contribution in [3.63, 3.8) is 0 Å². The smallest absolute Gasteiger partial charge is 0.0734 e. The first-order valence-electron chi connectivity index (χ1n) is 7.32. The summed E-state index contributed by atoms with van der Waals surface area (Å²) in [5.41, 5.74) is 12.5. The van der Waals surface area contributed by atoms with E-state index in [4.69, 9.17) is 21.7 Å². The topological polar surface area (TPSA) is 105 Å². The maximum absolute atomic E-state index is 8.82. The first-order chi connectivity index (χ1) is 10.2. The Morgan fingerprint density at radius 1 is 1.23 bits per heavy atom. The van der Waals surface area contributed by atoms with Crippen molar-refractivity contribution in [2.45, 2.75) is 46.6 Å². The van der Waals surface area contributed by atoms with Crippen molar-refractivity contribution in [3.05, 3.63) is 49.1 Å². The van der Waals surface area contributed by atoms with Crippen LogP contribution in [0.4, 0.5) is 0 Å². The second kappa shape index (κ2) is 17.3. The van der Waals surface area contributed by atoms with Crippen molar-refractivity contribution < 1.29 is 10.2 Å². The maximum Gasteiger partial charge on any atom is 0.0734 e. The highest BCUT2D eigenvalue weighted by atomic mass is 16.3. The summed E-state index contributed by atoms with van der Waals surface area (Å²) in [6.07, 6.45) is 4.73. The van der Waals surface area contributed by atoms with Crippen LogP contribution in [0.1, 0.15) is 40.5 Å². The van der Waals surface area contributed by atoms with Crippen molar-refractivity contribution in [2.75, 3.05) is 6.61 Å². The molecule has 0 bridgehead atoms. The summed E-state index contributed by atoms with van der Waals surface area (Å²) in [5.74, 6) is 0.333. The molecule has 0 saturated heterocycles.